The van der Waals surface area contributed by atoms with Crippen LogP contribution in [-0.4, -0.2) is 17.8 Å². The lowest BCUT2D eigenvalue weighted by molar-refractivity contribution is -0.00744. The first-order chi connectivity index (χ1) is 7.38. The molecule has 1 aliphatic carbocycles. The standard InChI is InChI=1S/C12H14O2S/c13-6-2-3-10-7-12(15-9-10)8-14-11-4-1-5-11/h7,9,11,13H,1,4-6,8H2. The van der Waals surface area contributed by atoms with Crippen molar-refractivity contribution in [2.75, 3.05) is 6.61 Å². The molecule has 1 aromatic rings. The predicted octanol–water partition coefficient (Wildman–Crippen LogP) is 2.16. The van der Waals surface area contributed by atoms with E-state index in [1.165, 1.54) is 24.1 Å². The predicted molar refractivity (Wildman–Crippen MR) is 60.7 cm³/mol. The molecule has 0 radical (unpaired) electrons. The minimum atomic E-state index is -0.0796. The molecule has 0 amide bonds. The number of rotatable bonds is 3. The molecule has 3 heteroatoms. The molecule has 1 heterocycles. The molecule has 0 aromatic carbocycles. The fourth-order valence-corrected chi connectivity index (χ4v) is 2.14. The van der Waals surface area contributed by atoms with E-state index >= 15 is 0 Å². The highest BCUT2D eigenvalue weighted by Crippen LogP contribution is 2.24. The van der Waals surface area contributed by atoms with Crippen LogP contribution in [0.25, 0.3) is 0 Å². The highest BCUT2D eigenvalue weighted by Gasteiger charge is 2.17. The van der Waals surface area contributed by atoms with Gasteiger partial charge in [0.2, 0.25) is 0 Å². The average Bonchev–Trinajstić information content (AvgIpc) is 2.60. The molecule has 0 aliphatic heterocycles. The molecular weight excluding hydrogens is 208 g/mol. The molecule has 1 aliphatic rings. The summed E-state index contributed by atoms with van der Waals surface area (Å²) in [5, 5.41) is 10.6. The number of hydrogen-bond donors (Lipinski definition) is 1. The molecule has 1 saturated carbocycles. The number of thiophene rings is 1. The van der Waals surface area contributed by atoms with Crippen LogP contribution < -0.4 is 0 Å². The van der Waals surface area contributed by atoms with Gasteiger partial charge < -0.3 is 9.84 Å². The zero-order valence-electron chi connectivity index (χ0n) is 8.53. The van der Waals surface area contributed by atoms with Gasteiger partial charge in [0.15, 0.2) is 0 Å². The minimum Gasteiger partial charge on any atom is -0.384 e. The van der Waals surface area contributed by atoms with Crippen LogP contribution in [0.1, 0.15) is 29.7 Å². The highest BCUT2D eigenvalue weighted by molar-refractivity contribution is 7.10. The normalized spacial score (nSPS) is 15.5. The van der Waals surface area contributed by atoms with Gasteiger partial charge in [-0.05, 0) is 25.3 Å². The second kappa shape index (κ2) is 5.32. The Morgan fingerprint density at radius 2 is 2.40 bits per heavy atom. The number of aliphatic hydroxyl groups excluding tert-OH is 1. The minimum absolute atomic E-state index is 0.0796. The largest absolute Gasteiger partial charge is 0.384 e. The Kier molecular flexibility index (Phi) is 3.79. The Morgan fingerprint density at radius 1 is 1.53 bits per heavy atom. The monoisotopic (exact) mass is 222 g/mol. The Morgan fingerprint density at radius 3 is 3.07 bits per heavy atom. The van der Waals surface area contributed by atoms with Crippen LogP contribution in [0, 0.1) is 11.8 Å². The van der Waals surface area contributed by atoms with Gasteiger partial charge in [0.05, 0.1) is 12.7 Å². The molecule has 15 heavy (non-hydrogen) atoms. The summed E-state index contributed by atoms with van der Waals surface area (Å²) in [6.45, 7) is 0.625. The molecule has 80 valence electrons. The first-order valence-corrected chi connectivity index (χ1v) is 6.05. The summed E-state index contributed by atoms with van der Waals surface area (Å²) in [5.74, 6) is 5.52. The van der Waals surface area contributed by atoms with Gasteiger partial charge in [-0.2, -0.15) is 0 Å². The van der Waals surface area contributed by atoms with Gasteiger partial charge in [0.25, 0.3) is 0 Å². The van der Waals surface area contributed by atoms with E-state index in [2.05, 4.69) is 11.8 Å². The van der Waals surface area contributed by atoms with E-state index in [1.54, 1.807) is 11.3 Å². The van der Waals surface area contributed by atoms with E-state index in [9.17, 15) is 0 Å². The van der Waals surface area contributed by atoms with Gasteiger partial charge in [0, 0.05) is 15.8 Å². The number of ether oxygens (including phenoxy) is 1. The second-order valence-electron chi connectivity index (χ2n) is 3.63. The Hall–Kier alpha value is -0.820. The van der Waals surface area contributed by atoms with Gasteiger partial charge in [-0.15, -0.1) is 11.3 Å². The molecule has 1 aromatic heterocycles. The Balaban J connectivity index is 1.83. The van der Waals surface area contributed by atoms with Gasteiger partial charge in [0.1, 0.15) is 6.61 Å². The molecule has 0 unspecified atom stereocenters. The Bertz CT molecular complexity index is 368. The zero-order valence-corrected chi connectivity index (χ0v) is 9.35. The van der Waals surface area contributed by atoms with Gasteiger partial charge in [-0.3, -0.25) is 0 Å². The lowest BCUT2D eigenvalue weighted by Crippen LogP contribution is -2.20. The first kappa shape index (κ1) is 10.7. The van der Waals surface area contributed by atoms with Gasteiger partial charge in [-0.1, -0.05) is 11.8 Å². The van der Waals surface area contributed by atoms with Gasteiger partial charge in [-0.25, -0.2) is 0 Å². The van der Waals surface area contributed by atoms with Crippen LogP contribution in [-0.2, 0) is 11.3 Å². The molecule has 0 spiro atoms. The summed E-state index contributed by atoms with van der Waals surface area (Å²) in [7, 11) is 0. The van der Waals surface area contributed by atoms with E-state index < -0.39 is 0 Å². The molecule has 1 fully saturated rings. The molecular formula is C12H14O2S. The van der Waals surface area contributed by atoms with Crippen molar-refractivity contribution in [3.8, 4) is 11.8 Å². The van der Waals surface area contributed by atoms with Crippen molar-refractivity contribution in [3.63, 3.8) is 0 Å². The first-order valence-electron chi connectivity index (χ1n) is 5.17. The lowest BCUT2D eigenvalue weighted by Gasteiger charge is -2.25. The molecule has 0 bridgehead atoms. The maximum absolute atomic E-state index is 8.56. The molecule has 2 rings (SSSR count). The van der Waals surface area contributed by atoms with E-state index in [0.717, 1.165) is 5.56 Å². The van der Waals surface area contributed by atoms with Crippen molar-refractivity contribution in [1.29, 1.82) is 0 Å². The van der Waals surface area contributed by atoms with Crippen LogP contribution in [0.2, 0.25) is 0 Å². The highest BCUT2D eigenvalue weighted by atomic mass is 32.1. The van der Waals surface area contributed by atoms with Crippen LogP contribution in [0.15, 0.2) is 11.4 Å². The third-order valence-corrected chi connectivity index (χ3v) is 3.39. The summed E-state index contributed by atoms with van der Waals surface area (Å²) in [6.07, 6.45) is 4.21. The summed E-state index contributed by atoms with van der Waals surface area (Å²) in [6, 6.07) is 2.03. The molecule has 1 N–H and O–H groups in total. The number of hydrogen-bond acceptors (Lipinski definition) is 3. The van der Waals surface area contributed by atoms with E-state index in [0.29, 0.717) is 12.7 Å². The molecule has 2 nitrogen and oxygen atoms in total. The summed E-state index contributed by atoms with van der Waals surface area (Å²) in [4.78, 5) is 1.21. The lowest BCUT2D eigenvalue weighted by atomic mass is 9.96. The smallest absolute Gasteiger partial charge is 0.104 e. The van der Waals surface area contributed by atoms with Crippen LogP contribution in [0.5, 0.6) is 0 Å². The van der Waals surface area contributed by atoms with E-state index in [-0.39, 0.29) is 6.61 Å². The van der Waals surface area contributed by atoms with E-state index in [1.807, 2.05) is 11.4 Å². The third-order valence-electron chi connectivity index (χ3n) is 2.48. The van der Waals surface area contributed by atoms with Crippen molar-refractivity contribution in [2.45, 2.75) is 32.0 Å². The van der Waals surface area contributed by atoms with Crippen molar-refractivity contribution in [3.05, 3.63) is 21.9 Å². The summed E-state index contributed by atoms with van der Waals surface area (Å²) < 4.78 is 5.69. The zero-order chi connectivity index (χ0) is 10.5. The fraction of sp³-hybridized carbons (Fsp3) is 0.500. The topological polar surface area (TPSA) is 29.5 Å². The van der Waals surface area contributed by atoms with Crippen molar-refractivity contribution in [2.24, 2.45) is 0 Å². The van der Waals surface area contributed by atoms with Gasteiger partial charge >= 0.3 is 0 Å². The molecule has 0 atom stereocenters. The van der Waals surface area contributed by atoms with Crippen LogP contribution in [0.4, 0.5) is 0 Å². The molecule has 0 saturated heterocycles. The summed E-state index contributed by atoms with van der Waals surface area (Å²) >= 11 is 1.67. The second-order valence-corrected chi connectivity index (χ2v) is 4.62. The van der Waals surface area contributed by atoms with Crippen molar-refractivity contribution < 1.29 is 9.84 Å². The van der Waals surface area contributed by atoms with E-state index in [4.69, 9.17) is 9.84 Å². The summed E-state index contributed by atoms with van der Waals surface area (Å²) in [5.41, 5.74) is 0.973. The van der Waals surface area contributed by atoms with Crippen LogP contribution >= 0.6 is 11.3 Å². The van der Waals surface area contributed by atoms with Crippen molar-refractivity contribution in [1.82, 2.24) is 0 Å². The number of aliphatic hydroxyl groups is 1. The third kappa shape index (κ3) is 3.07. The fourth-order valence-electron chi connectivity index (χ4n) is 1.40. The SMILES string of the molecule is OCC#Cc1csc(COC2CCC2)c1. The quantitative estimate of drug-likeness (QED) is 0.794. The van der Waals surface area contributed by atoms with Crippen molar-refractivity contribution >= 4 is 11.3 Å². The maximum atomic E-state index is 8.56. The maximum Gasteiger partial charge on any atom is 0.104 e. The average molecular weight is 222 g/mol. The Labute approximate surface area is 93.9 Å². The van der Waals surface area contributed by atoms with Crippen LogP contribution in [0.3, 0.4) is 0 Å².